The first-order valence-electron chi connectivity index (χ1n) is 6.33. The molecular formula is C16H13Cl4F. The molecule has 0 radical (unpaired) electrons. The van der Waals surface area contributed by atoms with E-state index in [1.165, 1.54) is 6.07 Å². The molecule has 21 heavy (non-hydrogen) atoms. The van der Waals surface area contributed by atoms with E-state index >= 15 is 0 Å². The van der Waals surface area contributed by atoms with Gasteiger partial charge in [-0.3, -0.25) is 0 Å². The Morgan fingerprint density at radius 1 is 0.905 bits per heavy atom. The largest absolute Gasteiger partial charge is 0.205 e. The first-order valence-corrected chi connectivity index (χ1v) is 8.15. The van der Waals surface area contributed by atoms with Gasteiger partial charge in [-0.05, 0) is 41.8 Å². The highest BCUT2D eigenvalue weighted by atomic mass is 35.5. The lowest BCUT2D eigenvalue weighted by molar-refractivity contribution is 0.533. The summed E-state index contributed by atoms with van der Waals surface area (Å²) in [5, 5.41) is 0.752. The normalized spacial score (nSPS) is 11.7. The van der Waals surface area contributed by atoms with Crippen LogP contribution in [0.1, 0.15) is 11.1 Å². The van der Waals surface area contributed by atoms with Crippen LogP contribution < -0.4 is 0 Å². The van der Waals surface area contributed by atoms with E-state index in [4.69, 9.17) is 46.4 Å². The van der Waals surface area contributed by atoms with Gasteiger partial charge in [-0.25, -0.2) is 4.39 Å². The topological polar surface area (TPSA) is 0 Å². The average Bonchev–Trinajstić information content (AvgIpc) is 2.49. The molecule has 5 heteroatoms. The summed E-state index contributed by atoms with van der Waals surface area (Å²) in [6.07, 6.45) is 0.524. The molecule has 2 rings (SSSR count). The summed E-state index contributed by atoms with van der Waals surface area (Å²) in [6, 6.07) is 12.2. The predicted octanol–water partition coefficient (Wildman–Crippen LogP) is 6.09. The molecule has 0 unspecified atom stereocenters. The second kappa shape index (κ2) is 7.19. The maximum absolute atomic E-state index is 13.6. The SMILES string of the molecule is Fc1cc(CC(CCl)(CCl)c2ccc(Cl)cc2)ccc1Cl. The van der Waals surface area contributed by atoms with Gasteiger partial charge in [0.05, 0.1) is 5.02 Å². The summed E-state index contributed by atoms with van der Waals surface area (Å²) in [5.74, 6) is 0.202. The molecule has 112 valence electrons. The summed E-state index contributed by atoms with van der Waals surface area (Å²) in [7, 11) is 0. The molecule has 0 aromatic heterocycles. The van der Waals surface area contributed by atoms with Gasteiger partial charge >= 0.3 is 0 Å². The quantitative estimate of drug-likeness (QED) is 0.562. The number of halogens is 5. The minimum absolute atomic E-state index is 0.104. The number of alkyl halides is 2. The molecule has 0 atom stereocenters. The van der Waals surface area contributed by atoms with E-state index in [9.17, 15) is 4.39 Å². The van der Waals surface area contributed by atoms with Crippen molar-refractivity contribution in [1.29, 1.82) is 0 Å². The molecule has 0 aliphatic rings. The van der Waals surface area contributed by atoms with Crippen molar-refractivity contribution in [3.63, 3.8) is 0 Å². The number of hydrogen-bond donors (Lipinski definition) is 0. The Morgan fingerprint density at radius 2 is 1.52 bits per heavy atom. The summed E-state index contributed by atoms with van der Waals surface area (Å²) >= 11 is 24.0. The van der Waals surface area contributed by atoms with Crippen LogP contribution in [-0.2, 0) is 11.8 Å². The van der Waals surface area contributed by atoms with Gasteiger partial charge in [0.25, 0.3) is 0 Å². The molecule has 0 saturated heterocycles. The van der Waals surface area contributed by atoms with Crippen molar-refractivity contribution in [3.8, 4) is 0 Å². The van der Waals surface area contributed by atoms with Crippen molar-refractivity contribution >= 4 is 46.4 Å². The van der Waals surface area contributed by atoms with E-state index in [1.807, 2.05) is 12.1 Å². The first-order chi connectivity index (χ1) is 10.0. The average molecular weight is 366 g/mol. The van der Waals surface area contributed by atoms with Gasteiger partial charge in [0.2, 0.25) is 0 Å². The molecule has 2 aromatic rings. The van der Waals surface area contributed by atoms with Gasteiger partial charge in [0.1, 0.15) is 5.82 Å². The van der Waals surface area contributed by atoms with E-state index in [2.05, 4.69) is 0 Å². The Labute approximate surface area is 143 Å². The van der Waals surface area contributed by atoms with Crippen molar-refractivity contribution in [3.05, 3.63) is 69.5 Å². The van der Waals surface area contributed by atoms with E-state index in [0.29, 0.717) is 23.2 Å². The minimum Gasteiger partial charge on any atom is -0.205 e. The maximum Gasteiger partial charge on any atom is 0.142 e. The minimum atomic E-state index is -0.478. The van der Waals surface area contributed by atoms with Crippen LogP contribution in [0.2, 0.25) is 10.0 Å². The third-order valence-corrected chi connectivity index (χ3v) is 5.08. The fourth-order valence-corrected chi connectivity index (χ4v) is 3.26. The molecule has 0 heterocycles. The molecule has 0 saturated carbocycles. The number of hydrogen-bond acceptors (Lipinski definition) is 0. The van der Waals surface area contributed by atoms with Crippen molar-refractivity contribution in [2.75, 3.05) is 11.8 Å². The monoisotopic (exact) mass is 364 g/mol. The van der Waals surface area contributed by atoms with Crippen LogP contribution in [0.15, 0.2) is 42.5 Å². The highest BCUT2D eigenvalue weighted by molar-refractivity contribution is 6.31. The van der Waals surface area contributed by atoms with Crippen LogP contribution in [0.25, 0.3) is 0 Å². The zero-order valence-corrected chi connectivity index (χ0v) is 14.1. The lowest BCUT2D eigenvalue weighted by Crippen LogP contribution is -2.33. The zero-order chi connectivity index (χ0) is 15.5. The second-order valence-electron chi connectivity index (χ2n) is 4.98. The molecule has 0 nitrogen and oxygen atoms in total. The molecule has 0 aliphatic heterocycles. The lowest BCUT2D eigenvalue weighted by Gasteiger charge is -2.30. The van der Waals surface area contributed by atoms with Crippen LogP contribution in [-0.4, -0.2) is 11.8 Å². The van der Waals surface area contributed by atoms with Gasteiger partial charge in [-0.15, -0.1) is 23.2 Å². The third kappa shape index (κ3) is 3.84. The highest BCUT2D eigenvalue weighted by Crippen LogP contribution is 2.33. The third-order valence-electron chi connectivity index (χ3n) is 3.49. The Morgan fingerprint density at radius 3 is 2.05 bits per heavy atom. The van der Waals surface area contributed by atoms with Crippen LogP contribution in [0.3, 0.4) is 0 Å². The molecule has 0 amide bonds. The summed E-state index contributed by atoms with van der Waals surface area (Å²) in [4.78, 5) is 0. The molecule has 0 spiro atoms. The standard InChI is InChI=1S/C16H13Cl4F/c17-9-16(10-18,12-2-4-13(19)5-3-12)8-11-1-6-14(20)15(21)7-11/h1-7H,8-10H2. The van der Waals surface area contributed by atoms with Crippen LogP contribution in [0, 0.1) is 5.82 Å². The van der Waals surface area contributed by atoms with Crippen LogP contribution in [0.5, 0.6) is 0 Å². The summed E-state index contributed by atoms with van der Waals surface area (Å²) in [6.45, 7) is 0. The fraction of sp³-hybridized carbons (Fsp3) is 0.250. The summed E-state index contributed by atoms with van der Waals surface area (Å²) in [5.41, 5.74) is 1.30. The van der Waals surface area contributed by atoms with Crippen LogP contribution >= 0.6 is 46.4 Å². The van der Waals surface area contributed by atoms with Crippen LogP contribution in [0.4, 0.5) is 4.39 Å². The van der Waals surface area contributed by atoms with Gasteiger partial charge < -0.3 is 0 Å². The Balaban J connectivity index is 2.37. The van der Waals surface area contributed by atoms with Gasteiger partial charge in [0.15, 0.2) is 0 Å². The molecule has 0 fully saturated rings. The highest BCUT2D eigenvalue weighted by Gasteiger charge is 2.31. The lowest BCUT2D eigenvalue weighted by atomic mass is 9.79. The number of rotatable bonds is 5. The van der Waals surface area contributed by atoms with Gasteiger partial charge in [0, 0.05) is 22.2 Å². The molecule has 0 bridgehead atoms. The number of benzene rings is 2. The van der Waals surface area contributed by atoms with Crippen molar-refractivity contribution in [1.82, 2.24) is 0 Å². The Bertz CT molecular complexity index is 606. The van der Waals surface area contributed by atoms with Crippen molar-refractivity contribution in [2.24, 2.45) is 0 Å². The molecular weight excluding hydrogens is 353 g/mol. The van der Waals surface area contributed by atoms with Crippen molar-refractivity contribution < 1.29 is 4.39 Å². The van der Waals surface area contributed by atoms with E-state index in [-0.39, 0.29) is 5.02 Å². The maximum atomic E-state index is 13.6. The van der Waals surface area contributed by atoms with Gasteiger partial charge in [-0.2, -0.15) is 0 Å². The fourth-order valence-electron chi connectivity index (χ4n) is 2.23. The Hall–Kier alpha value is -0.470. The summed E-state index contributed by atoms with van der Waals surface area (Å²) < 4.78 is 13.6. The smallest absolute Gasteiger partial charge is 0.142 e. The van der Waals surface area contributed by atoms with E-state index < -0.39 is 11.2 Å². The van der Waals surface area contributed by atoms with Gasteiger partial charge in [-0.1, -0.05) is 41.4 Å². The molecule has 2 aromatic carbocycles. The van der Waals surface area contributed by atoms with Crippen molar-refractivity contribution in [2.45, 2.75) is 11.8 Å². The Kier molecular flexibility index (Phi) is 5.79. The second-order valence-corrected chi connectivity index (χ2v) is 6.36. The zero-order valence-electron chi connectivity index (χ0n) is 11.1. The van der Waals surface area contributed by atoms with E-state index in [1.54, 1.807) is 24.3 Å². The first kappa shape index (κ1) is 16.9. The van der Waals surface area contributed by atoms with E-state index in [0.717, 1.165) is 11.1 Å². The molecule has 0 N–H and O–H groups in total. The molecule has 0 aliphatic carbocycles. The predicted molar refractivity (Wildman–Crippen MR) is 89.7 cm³/mol.